The molecule has 0 unspecified atom stereocenters. The van der Waals surface area contributed by atoms with Gasteiger partial charge in [0.25, 0.3) is 5.91 Å². The Morgan fingerprint density at radius 3 is 2.85 bits per heavy atom. The molecule has 1 saturated heterocycles. The van der Waals surface area contributed by atoms with Crippen LogP contribution >= 0.6 is 11.3 Å². The van der Waals surface area contributed by atoms with Crippen LogP contribution in [0.15, 0.2) is 42.9 Å². The van der Waals surface area contributed by atoms with E-state index in [0.717, 1.165) is 47.6 Å². The summed E-state index contributed by atoms with van der Waals surface area (Å²) in [6.07, 6.45) is 5.30. The molecule has 4 rings (SSSR count). The smallest absolute Gasteiger partial charge is 0.263 e. The summed E-state index contributed by atoms with van der Waals surface area (Å²) in [5, 5.41) is 6.15. The molecular weight excluding hydrogens is 346 g/mol. The van der Waals surface area contributed by atoms with Crippen molar-refractivity contribution in [3.05, 3.63) is 53.3 Å². The summed E-state index contributed by atoms with van der Waals surface area (Å²) in [5.41, 5.74) is 1.07. The maximum atomic E-state index is 12.5. The number of nitrogens with one attached hydrogen (secondary N) is 1. The molecule has 0 saturated carbocycles. The van der Waals surface area contributed by atoms with Crippen molar-refractivity contribution in [1.29, 1.82) is 0 Å². The van der Waals surface area contributed by atoms with E-state index in [1.54, 1.807) is 12.4 Å². The molecule has 0 radical (unpaired) electrons. The number of carbonyl (C=O) groups is 1. The highest BCUT2D eigenvalue weighted by Crippen LogP contribution is 2.23. The predicted molar refractivity (Wildman–Crippen MR) is 105 cm³/mol. The minimum Gasteiger partial charge on any atom is -0.347 e. The van der Waals surface area contributed by atoms with Crippen LogP contribution in [0.25, 0.3) is 10.8 Å². The lowest BCUT2D eigenvalue weighted by Crippen LogP contribution is -2.44. The number of hydrogen-bond acceptors (Lipinski definition) is 6. The number of rotatable bonds is 4. The molecule has 7 heteroatoms. The van der Waals surface area contributed by atoms with Gasteiger partial charge in [-0.1, -0.05) is 23.5 Å². The fourth-order valence-electron chi connectivity index (χ4n) is 3.03. The molecule has 0 spiro atoms. The van der Waals surface area contributed by atoms with Gasteiger partial charge in [-0.2, -0.15) is 0 Å². The highest BCUT2D eigenvalue weighted by Gasteiger charge is 2.18. The summed E-state index contributed by atoms with van der Waals surface area (Å²) in [5.74, 6) is -0.0716. The van der Waals surface area contributed by atoms with Gasteiger partial charge in [0.1, 0.15) is 4.88 Å². The third-order valence-electron chi connectivity index (χ3n) is 4.65. The zero-order valence-electron chi connectivity index (χ0n) is 14.7. The molecule has 0 atom stereocenters. The molecule has 1 fully saturated rings. The molecule has 1 aliphatic rings. The normalized spacial score (nSPS) is 15.3. The largest absolute Gasteiger partial charge is 0.347 e. The molecular formula is C19H21N5OS. The average Bonchev–Trinajstić information content (AvgIpc) is 3.17. The van der Waals surface area contributed by atoms with Crippen molar-refractivity contribution in [1.82, 2.24) is 20.2 Å². The number of likely N-dealkylation sites (N-methyl/N-ethyl adjacent to an activating group) is 1. The number of nitrogens with zero attached hydrogens (tertiary/aromatic N) is 4. The molecule has 0 aliphatic carbocycles. The molecule has 26 heavy (non-hydrogen) atoms. The Morgan fingerprint density at radius 2 is 2.00 bits per heavy atom. The molecule has 1 aliphatic heterocycles. The van der Waals surface area contributed by atoms with Gasteiger partial charge in [-0.15, -0.1) is 0 Å². The number of pyridine rings is 1. The summed E-state index contributed by atoms with van der Waals surface area (Å²) in [6, 6.07) is 8.11. The maximum Gasteiger partial charge on any atom is 0.263 e. The Morgan fingerprint density at radius 1 is 1.15 bits per heavy atom. The van der Waals surface area contributed by atoms with Gasteiger partial charge in [0.15, 0.2) is 5.13 Å². The Bertz CT molecular complexity index is 917. The van der Waals surface area contributed by atoms with Crippen molar-refractivity contribution in [3.63, 3.8) is 0 Å². The van der Waals surface area contributed by atoms with Crippen LogP contribution in [0.2, 0.25) is 0 Å². The predicted octanol–water partition coefficient (Wildman–Crippen LogP) is 2.37. The quantitative estimate of drug-likeness (QED) is 0.767. The standard InChI is InChI=1S/C19H21N5OS/c1-23-6-8-24(9-7-23)19-22-13-17(26-19)18(25)21-11-14-2-3-16-12-20-5-4-15(16)10-14/h2-5,10,12-13H,6-9,11H2,1H3,(H,21,25). The fourth-order valence-corrected chi connectivity index (χ4v) is 3.91. The van der Waals surface area contributed by atoms with Gasteiger partial charge in [-0.3, -0.25) is 9.78 Å². The molecule has 134 valence electrons. The van der Waals surface area contributed by atoms with Crippen molar-refractivity contribution >= 4 is 33.1 Å². The molecule has 2 aromatic heterocycles. The number of anilines is 1. The van der Waals surface area contributed by atoms with E-state index in [1.807, 2.05) is 24.4 Å². The van der Waals surface area contributed by atoms with Crippen LogP contribution in [0, 0.1) is 0 Å². The topological polar surface area (TPSA) is 61.4 Å². The molecule has 1 amide bonds. The Balaban J connectivity index is 1.38. The molecule has 1 N–H and O–H groups in total. The number of fused-ring (bicyclic) bond motifs is 1. The van der Waals surface area contributed by atoms with Crippen molar-refractivity contribution < 1.29 is 4.79 Å². The summed E-state index contributed by atoms with van der Waals surface area (Å²) in [6.45, 7) is 4.46. The van der Waals surface area contributed by atoms with E-state index in [1.165, 1.54) is 11.3 Å². The van der Waals surface area contributed by atoms with Gasteiger partial charge in [0.05, 0.1) is 6.20 Å². The van der Waals surface area contributed by atoms with E-state index >= 15 is 0 Å². The number of carbonyl (C=O) groups excluding carboxylic acids is 1. The molecule has 3 aromatic rings. The third-order valence-corrected chi connectivity index (χ3v) is 5.71. The van der Waals surface area contributed by atoms with Crippen LogP contribution in [0.3, 0.4) is 0 Å². The first kappa shape index (κ1) is 16.9. The number of hydrogen-bond donors (Lipinski definition) is 1. The fraction of sp³-hybridized carbons (Fsp3) is 0.316. The number of amides is 1. The van der Waals surface area contributed by atoms with E-state index < -0.39 is 0 Å². The van der Waals surface area contributed by atoms with Crippen molar-refractivity contribution in [2.24, 2.45) is 0 Å². The zero-order chi connectivity index (χ0) is 17.9. The first-order valence-electron chi connectivity index (χ1n) is 8.69. The highest BCUT2D eigenvalue weighted by atomic mass is 32.1. The van der Waals surface area contributed by atoms with Gasteiger partial charge in [-0.25, -0.2) is 4.98 Å². The lowest BCUT2D eigenvalue weighted by molar-refractivity contribution is 0.0955. The number of piperazine rings is 1. The van der Waals surface area contributed by atoms with Gasteiger partial charge < -0.3 is 15.1 Å². The zero-order valence-corrected chi connectivity index (χ0v) is 15.5. The van der Waals surface area contributed by atoms with Crippen LogP contribution in [0.4, 0.5) is 5.13 Å². The van der Waals surface area contributed by atoms with Crippen LogP contribution in [0.5, 0.6) is 0 Å². The Kier molecular flexibility index (Phi) is 4.81. The Hall–Kier alpha value is -2.51. The second kappa shape index (κ2) is 7.39. The lowest BCUT2D eigenvalue weighted by atomic mass is 10.1. The summed E-state index contributed by atoms with van der Waals surface area (Å²) < 4.78 is 0. The van der Waals surface area contributed by atoms with Crippen LogP contribution in [-0.2, 0) is 6.54 Å². The summed E-state index contributed by atoms with van der Waals surface area (Å²) >= 11 is 1.46. The SMILES string of the molecule is CN1CCN(c2ncc(C(=O)NCc3ccc4cnccc4c3)s2)CC1. The average molecular weight is 367 g/mol. The monoisotopic (exact) mass is 367 g/mol. The minimum absolute atomic E-state index is 0.0716. The summed E-state index contributed by atoms with van der Waals surface area (Å²) in [7, 11) is 2.13. The molecule has 1 aromatic carbocycles. The van der Waals surface area contributed by atoms with E-state index in [-0.39, 0.29) is 5.91 Å². The van der Waals surface area contributed by atoms with E-state index in [9.17, 15) is 4.79 Å². The van der Waals surface area contributed by atoms with Gasteiger partial charge in [0, 0.05) is 50.5 Å². The first-order chi connectivity index (χ1) is 12.7. The minimum atomic E-state index is -0.0716. The second-order valence-electron chi connectivity index (χ2n) is 6.54. The second-order valence-corrected chi connectivity index (χ2v) is 7.55. The Labute approximate surface area is 156 Å². The van der Waals surface area contributed by atoms with Crippen molar-refractivity contribution in [2.45, 2.75) is 6.54 Å². The third kappa shape index (κ3) is 3.68. The highest BCUT2D eigenvalue weighted by molar-refractivity contribution is 7.17. The molecule has 3 heterocycles. The van der Waals surface area contributed by atoms with E-state index in [4.69, 9.17) is 0 Å². The number of aromatic nitrogens is 2. The molecule has 0 bridgehead atoms. The van der Waals surface area contributed by atoms with Crippen LogP contribution < -0.4 is 10.2 Å². The van der Waals surface area contributed by atoms with Crippen LogP contribution in [0.1, 0.15) is 15.2 Å². The van der Waals surface area contributed by atoms with Gasteiger partial charge in [0.2, 0.25) is 0 Å². The van der Waals surface area contributed by atoms with E-state index in [2.05, 4.69) is 38.2 Å². The summed E-state index contributed by atoms with van der Waals surface area (Å²) in [4.78, 5) is 26.2. The molecule has 6 nitrogen and oxygen atoms in total. The maximum absolute atomic E-state index is 12.5. The van der Waals surface area contributed by atoms with E-state index in [0.29, 0.717) is 11.4 Å². The first-order valence-corrected chi connectivity index (χ1v) is 9.51. The van der Waals surface area contributed by atoms with Crippen LogP contribution in [-0.4, -0.2) is 54.0 Å². The van der Waals surface area contributed by atoms with Gasteiger partial charge >= 0.3 is 0 Å². The lowest BCUT2D eigenvalue weighted by Gasteiger charge is -2.32. The van der Waals surface area contributed by atoms with Crippen molar-refractivity contribution in [2.75, 3.05) is 38.1 Å². The number of benzene rings is 1. The number of thiazole rings is 1. The van der Waals surface area contributed by atoms with Crippen molar-refractivity contribution in [3.8, 4) is 0 Å². The van der Waals surface area contributed by atoms with Gasteiger partial charge in [-0.05, 0) is 30.1 Å².